The van der Waals surface area contributed by atoms with E-state index in [0.717, 1.165) is 32.2 Å². The first-order valence-electron chi connectivity index (χ1n) is 6.89. The van der Waals surface area contributed by atoms with Crippen molar-refractivity contribution in [3.05, 3.63) is 12.2 Å². The highest BCUT2D eigenvalue weighted by molar-refractivity contribution is 5.96. The molecule has 0 aromatic carbocycles. The molecule has 2 rings (SSSR count). The van der Waals surface area contributed by atoms with Crippen molar-refractivity contribution in [1.82, 2.24) is 9.80 Å². The fourth-order valence-electron chi connectivity index (χ4n) is 2.89. The second-order valence-corrected chi connectivity index (χ2v) is 5.11. The van der Waals surface area contributed by atoms with Gasteiger partial charge in [0.05, 0.1) is 0 Å². The van der Waals surface area contributed by atoms with E-state index in [1.165, 1.54) is 0 Å². The zero-order valence-corrected chi connectivity index (χ0v) is 11.3. The standard InChI is InChI=1S/C14H22N2O2/c1-3-4-6-9-15-11(2)13(17)16-10-7-5-8-12(16)14(15)18/h3-4,11-12H,5-10H2,1-2H3/b4-3+. The summed E-state index contributed by atoms with van der Waals surface area (Å²) >= 11 is 0. The summed E-state index contributed by atoms with van der Waals surface area (Å²) in [5.41, 5.74) is 0. The van der Waals surface area contributed by atoms with Gasteiger partial charge >= 0.3 is 0 Å². The molecule has 0 aromatic heterocycles. The van der Waals surface area contributed by atoms with Crippen molar-refractivity contribution in [1.29, 1.82) is 0 Å². The molecular weight excluding hydrogens is 228 g/mol. The summed E-state index contributed by atoms with van der Waals surface area (Å²) in [5, 5.41) is 0. The van der Waals surface area contributed by atoms with E-state index in [-0.39, 0.29) is 23.9 Å². The van der Waals surface area contributed by atoms with Crippen LogP contribution in [0.2, 0.25) is 0 Å². The van der Waals surface area contributed by atoms with Gasteiger partial charge < -0.3 is 9.80 Å². The molecule has 0 bridgehead atoms. The van der Waals surface area contributed by atoms with Gasteiger partial charge in [-0.25, -0.2) is 0 Å². The lowest BCUT2D eigenvalue weighted by molar-refractivity contribution is -0.162. The van der Waals surface area contributed by atoms with Gasteiger partial charge in [-0.05, 0) is 39.5 Å². The van der Waals surface area contributed by atoms with Crippen LogP contribution in [0.15, 0.2) is 12.2 Å². The second-order valence-electron chi connectivity index (χ2n) is 5.11. The fourth-order valence-corrected chi connectivity index (χ4v) is 2.89. The monoisotopic (exact) mass is 250 g/mol. The Hall–Kier alpha value is -1.32. The number of allylic oxidation sites excluding steroid dienone is 1. The number of piperidine rings is 1. The van der Waals surface area contributed by atoms with Crippen molar-refractivity contribution < 1.29 is 9.59 Å². The van der Waals surface area contributed by atoms with E-state index < -0.39 is 0 Å². The number of fused-ring (bicyclic) bond motifs is 1. The van der Waals surface area contributed by atoms with Crippen molar-refractivity contribution >= 4 is 11.8 Å². The molecule has 18 heavy (non-hydrogen) atoms. The summed E-state index contributed by atoms with van der Waals surface area (Å²) in [4.78, 5) is 28.2. The minimum Gasteiger partial charge on any atom is -0.329 e. The lowest BCUT2D eigenvalue weighted by atomic mass is 9.95. The molecule has 0 saturated carbocycles. The molecule has 4 heteroatoms. The number of hydrogen-bond donors (Lipinski definition) is 0. The van der Waals surface area contributed by atoms with Crippen molar-refractivity contribution in [2.75, 3.05) is 13.1 Å². The topological polar surface area (TPSA) is 40.6 Å². The third-order valence-corrected chi connectivity index (χ3v) is 3.95. The molecule has 2 amide bonds. The highest BCUT2D eigenvalue weighted by atomic mass is 16.2. The van der Waals surface area contributed by atoms with Gasteiger partial charge in [0.1, 0.15) is 12.1 Å². The Bertz CT molecular complexity index is 365. The molecule has 2 atom stereocenters. The Kier molecular flexibility index (Phi) is 4.04. The molecule has 0 radical (unpaired) electrons. The van der Waals surface area contributed by atoms with Crippen LogP contribution in [0.5, 0.6) is 0 Å². The van der Waals surface area contributed by atoms with Crippen LogP contribution in [0.25, 0.3) is 0 Å². The Morgan fingerprint density at radius 3 is 2.78 bits per heavy atom. The molecule has 2 unspecified atom stereocenters. The zero-order chi connectivity index (χ0) is 13.1. The first-order valence-corrected chi connectivity index (χ1v) is 6.89. The van der Waals surface area contributed by atoms with Crippen molar-refractivity contribution in [3.63, 3.8) is 0 Å². The van der Waals surface area contributed by atoms with E-state index >= 15 is 0 Å². The molecule has 2 aliphatic heterocycles. The van der Waals surface area contributed by atoms with Gasteiger partial charge in [-0.1, -0.05) is 12.2 Å². The summed E-state index contributed by atoms with van der Waals surface area (Å²) in [5.74, 6) is 0.270. The molecule has 4 nitrogen and oxygen atoms in total. The van der Waals surface area contributed by atoms with Gasteiger partial charge in [-0.15, -0.1) is 0 Å². The van der Waals surface area contributed by atoms with Gasteiger partial charge in [0.15, 0.2) is 0 Å². The first kappa shape index (κ1) is 13.1. The van der Waals surface area contributed by atoms with Crippen molar-refractivity contribution in [3.8, 4) is 0 Å². The Morgan fingerprint density at radius 1 is 1.28 bits per heavy atom. The molecule has 0 spiro atoms. The predicted molar refractivity (Wildman–Crippen MR) is 70.0 cm³/mol. The van der Waals surface area contributed by atoms with Crippen LogP contribution in [-0.4, -0.2) is 46.8 Å². The van der Waals surface area contributed by atoms with Crippen LogP contribution in [0, 0.1) is 0 Å². The second kappa shape index (κ2) is 5.55. The lowest BCUT2D eigenvalue weighted by Gasteiger charge is -2.46. The summed E-state index contributed by atoms with van der Waals surface area (Å²) in [6.45, 7) is 5.22. The van der Waals surface area contributed by atoms with Crippen LogP contribution in [0.1, 0.15) is 39.5 Å². The molecule has 2 saturated heterocycles. The maximum Gasteiger partial charge on any atom is 0.246 e. The maximum atomic E-state index is 12.4. The minimum absolute atomic E-state index is 0.125. The Morgan fingerprint density at radius 2 is 2.06 bits per heavy atom. The van der Waals surface area contributed by atoms with Crippen LogP contribution in [-0.2, 0) is 9.59 Å². The maximum absolute atomic E-state index is 12.4. The fraction of sp³-hybridized carbons (Fsp3) is 0.714. The number of carbonyl (C=O) groups excluding carboxylic acids is 2. The molecule has 0 aromatic rings. The van der Waals surface area contributed by atoms with Crippen LogP contribution in [0.3, 0.4) is 0 Å². The molecule has 2 heterocycles. The van der Waals surface area contributed by atoms with Crippen LogP contribution in [0.4, 0.5) is 0 Å². The molecule has 100 valence electrons. The minimum atomic E-state index is -0.294. The van der Waals surface area contributed by atoms with Crippen LogP contribution < -0.4 is 0 Å². The van der Waals surface area contributed by atoms with Gasteiger partial charge in [0.25, 0.3) is 0 Å². The largest absolute Gasteiger partial charge is 0.329 e. The van der Waals surface area contributed by atoms with Gasteiger partial charge in [0, 0.05) is 13.1 Å². The van der Waals surface area contributed by atoms with E-state index in [1.807, 2.05) is 26.0 Å². The number of hydrogen-bond acceptors (Lipinski definition) is 2. The van der Waals surface area contributed by atoms with E-state index in [4.69, 9.17) is 0 Å². The number of nitrogens with zero attached hydrogens (tertiary/aromatic N) is 2. The molecule has 2 fully saturated rings. The average molecular weight is 250 g/mol. The van der Waals surface area contributed by atoms with Gasteiger partial charge in [-0.2, -0.15) is 0 Å². The average Bonchev–Trinajstić information content (AvgIpc) is 2.40. The third kappa shape index (κ3) is 2.28. The summed E-state index contributed by atoms with van der Waals surface area (Å²) in [6, 6.07) is -0.481. The van der Waals surface area contributed by atoms with Crippen molar-refractivity contribution in [2.45, 2.75) is 51.6 Å². The number of carbonyl (C=O) groups is 2. The highest BCUT2D eigenvalue weighted by Crippen LogP contribution is 2.26. The predicted octanol–water partition coefficient (Wildman–Crippen LogP) is 1.56. The number of piperazine rings is 1. The van der Waals surface area contributed by atoms with Gasteiger partial charge in [-0.3, -0.25) is 9.59 Å². The summed E-state index contributed by atoms with van der Waals surface area (Å²) in [6.07, 6.45) is 7.76. The SMILES string of the molecule is C/C=C/CCN1C(=O)C2CCCCN2C(=O)C1C. The summed E-state index contributed by atoms with van der Waals surface area (Å²) < 4.78 is 0. The molecule has 0 aliphatic carbocycles. The number of amides is 2. The van der Waals surface area contributed by atoms with E-state index in [2.05, 4.69) is 0 Å². The normalized spacial score (nSPS) is 29.0. The Balaban J connectivity index is 2.11. The van der Waals surface area contributed by atoms with Crippen LogP contribution >= 0.6 is 0 Å². The van der Waals surface area contributed by atoms with Crippen molar-refractivity contribution in [2.24, 2.45) is 0 Å². The zero-order valence-electron chi connectivity index (χ0n) is 11.3. The quantitative estimate of drug-likeness (QED) is 0.713. The third-order valence-electron chi connectivity index (χ3n) is 3.95. The molecule has 0 N–H and O–H groups in total. The lowest BCUT2D eigenvalue weighted by Crippen LogP contribution is -2.65. The summed E-state index contributed by atoms with van der Waals surface area (Å²) in [7, 11) is 0. The van der Waals surface area contributed by atoms with E-state index in [1.54, 1.807) is 9.80 Å². The molecule has 2 aliphatic rings. The Labute approximate surface area is 109 Å². The van der Waals surface area contributed by atoms with E-state index in [0.29, 0.717) is 6.54 Å². The smallest absolute Gasteiger partial charge is 0.246 e. The van der Waals surface area contributed by atoms with E-state index in [9.17, 15) is 9.59 Å². The first-order chi connectivity index (χ1) is 8.66. The number of rotatable bonds is 3. The van der Waals surface area contributed by atoms with Gasteiger partial charge in [0.2, 0.25) is 11.8 Å². The molecular formula is C14H22N2O2. The highest BCUT2D eigenvalue weighted by Gasteiger charge is 2.44.